The Labute approximate surface area is 125 Å². The molecule has 2 heteroatoms. The fourth-order valence-electron chi connectivity index (χ4n) is 2.86. The summed E-state index contributed by atoms with van der Waals surface area (Å²) in [5, 5.41) is 0. The summed E-state index contributed by atoms with van der Waals surface area (Å²) < 4.78 is 5.35. The zero-order chi connectivity index (χ0) is 15.2. The van der Waals surface area contributed by atoms with E-state index in [4.69, 9.17) is 4.74 Å². The van der Waals surface area contributed by atoms with E-state index in [1.807, 2.05) is 30.3 Å². The molecule has 2 aromatic carbocycles. The Morgan fingerprint density at radius 2 is 1.90 bits per heavy atom. The quantitative estimate of drug-likeness (QED) is 0.465. The van der Waals surface area contributed by atoms with Crippen LogP contribution in [0.4, 0.5) is 0 Å². The Hall–Kier alpha value is -2.35. The summed E-state index contributed by atoms with van der Waals surface area (Å²) in [7, 11) is 0. The summed E-state index contributed by atoms with van der Waals surface area (Å²) in [5.74, 6) is 0.170. The molecule has 0 aromatic heterocycles. The summed E-state index contributed by atoms with van der Waals surface area (Å²) in [4.78, 5) is 11.7. The van der Waals surface area contributed by atoms with Crippen LogP contribution in [0.25, 0.3) is 11.1 Å². The van der Waals surface area contributed by atoms with Crippen LogP contribution in [-0.2, 0) is 10.2 Å². The lowest BCUT2D eigenvalue weighted by Crippen LogP contribution is -2.15. The van der Waals surface area contributed by atoms with E-state index in [0.717, 1.165) is 0 Å². The van der Waals surface area contributed by atoms with E-state index in [0.29, 0.717) is 11.3 Å². The summed E-state index contributed by atoms with van der Waals surface area (Å²) in [6, 6.07) is 15.0. The van der Waals surface area contributed by atoms with Gasteiger partial charge in [-0.15, -0.1) is 0 Å². The molecule has 1 aliphatic carbocycles. The van der Waals surface area contributed by atoms with E-state index in [9.17, 15) is 4.79 Å². The molecule has 1 aliphatic rings. The third kappa shape index (κ3) is 2.07. The van der Waals surface area contributed by atoms with Crippen LogP contribution < -0.4 is 4.74 Å². The maximum Gasteiger partial charge on any atom is 0.338 e. The Morgan fingerprint density at radius 1 is 1.19 bits per heavy atom. The number of benzene rings is 2. The average Bonchev–Trinajstić information content (AvgIpc) is 2.68. The van der Waals surface area contributed by atoms with Crippen molar-refractivity contribution >= 4 is 5.97 Å². The Kier molecular flexibility index (Phi) is 2.98. The largest absolute Gasteiger partial charge is 0.423 e. The number of hydrogen-bond acceptors (Lipinski definition) is 2. The monoisotopic (exact) mass is 277 g/mol. The summed E-state index contributed by atoms with van der Waals surface area (Å²) in [6.45, 7) is 9.60. The average molecular weight is 277 g/mol. The van der Waals surface area contributed by atoms with Crippen molar-refractivity contribution in [3.05, 3.63) is 65.7 Å². The van der Waals surface area contributed by atoms with Crippen LogP contribution in [0.1, 0.15) is 31.9 Å². The molecule has 0 bridgehead atoms. The molecule has 0 atom stereocenters. The third-order valence-corrected chi connectivity index (χ3v) is 4.05. The van der Waals surface area contributed by atoms with Crippen molar-refractivity contribution in [2.45, 2.75) is 26.2 Å². The van der Waals surface area contributed by atoms with Gasteiger partial charge in [0.05, 0.1) is 0 Å². The molecule has 2 nitrogen and oxygen atoms in total. The van der Waals surface area contributed by atoms with Crippen LogP contribution in [0.2, 0.25) is 0 Å². The van der Waals surface area contributed by atoms with Crippen LogP contribution >= 0.6 is 0 Å². The zero-order valence-corrected chi connectivity index (χ0v) is 12.5. The second kappa shape index (κ2) is 4.59. The highest BCUT2D eigenvalue weighted by molar-refractivity contribution is 5.89. The van der Waals surface area contributed by atoms with Gasteiger partial charge in [0.1, 0.15) is 5.75 Å². The first-order valence-corrected chi connectivity index (χ1v) is 6.94. The molecule has 1 radical (unpaired) electrons. The highest BCUT2D eigenvalue weighted by Crippen LogP contribution is 2.49. The maximum absolute atomic E-state index is 11.7. The fraction of sp³-hybridized carbons (Fsp3) is 0.211. The van der Waals surface area contributed by atoms with Crippen molar-refractivity contribution in [2.24, 2.45) is 0 Å². The SMILES string of the molecule is C=C(C)C(=O)Oc1ccc2c(c1)C(C)(C)c1c[c]ccc1-2. The number of rotatable bonds is 2. The van der Waals surface area contributed by atoms with Crippen LogP contribution in [0, 0.1) is 6.07 Å². The minimum atomic E-state index is -0.392. The molecular formula is C19H17O2. The topological polar surface area (TPSA) is 26.3 Å². The molecule has 0 aliphatic heterocycles. The van der Waals surface area contributed by atoms with Gasteiger partial charge in [-0.2, -0.15) is 0 Å². The molecule has 0 unspecified atom stereocenters. The van der Waals surface area contributed by atoms with Gasteiger partial charge in [-0.1, -0.05) is 38.6 Å². The minimum absolute atomic E-state index is 0.117. The van der Waals surface area contributed by atoms with Crippen molar-refractivity contribution in [1.29, 1.82) is 0 Å². The van der Waals surface area contributed by atoms with E-state index in [1.165, 1.54) is 22.3 Å². The van der Waals surface area contributed by atoms with E-state index in [1.54, 1.807) is 6.92 Å². The van der Waals surface area contributed by atoms with Gasteiger partial charge in [0, 0.05) is 11.0 Å². The van der Waals surface area contributed by atoms with Crippen molar-refractivity contribution in [3.63, 3.8) is 0 Å². The minimum Gasteiger partial charge on any atom is -0.423 e. The van der Waals surface area contributed by atoms with Crippen molar-refractivity contribution in [3.8, 4) is 16.9 Å². The molecule has 0 saturated carbocycles. The lowest BCUT2D eigenvalue weighted by atomic mass is 9.82. The molecular weight excluding hydrogens is 260 g/mol. The number of fused-ring (bicyclic) bond motifs is 3. The molecule has 21 heavy (non-hydrogen) atoms. The molecule has 0 amide bonds. The predicted octanol–water partition coefficient (Wildman–Crippen LogP) is 4.27. The highest BCUT2D eigenvalue weighted by Gasteiger charge is 2.35. The van der Waals surface area contributed by atoms with Gasteiger partial charge in [0.2, 0.25) is 0 Å². The first-order chi connectivity index (χ1) is 9.91. The second-order valence-corrected chi connectivity index (χ2v) is 5.97. The van der Waals surface area contributed by atoms with Gasteiger partial charge < -0.3 is 4.74 Å². The van der Waals surface area contributed by atoms with Crippen LogP contribution in [0.15, 0.2) is 48.6 Å². The Bertz CT molecular complexity index is 754. The van der Waals surface area contributed by atoms with Gasteiger partial charge >= 0.3 is 5.97 Å². The van der Waals surface area contributed by atoms with Gasteiger partial charge in [-0.25, -0.2) is 4.79 Å². The van der Waals surface area contributed by atoms with Gasteiger partial charge in [-0.05, 0) is 53.4 Å². The lowest BCUT2D eigenvalue weighted by Gasteiger charge is -2.21. The second-order valence-electron chi connectivity index (χ2n) is 5.97. The number of esters is 1. The first kappa shape index (κ1) is 13.6. The Morgan fingerprint density at radius 3 is 2.62 bits per heavy atom. The van der Waals surface area contributed by atoms with Crippen LogP contribution in [0.3, 0.4) is 0 Å². The molecule has 3 rings (SSSR count). The highest BCUT2D eigenvalue weighted by atomic mass is 16.5. The van der Waals surface area contributed by atoms with Crippen molar-refractivity contribution in [1.82, 2.24) is 0 Å². The predicted molar refractivity (Wildman–Crippen MR) is 83.3 cm³/mol. The van der Waals surface area contributed by atoms with Gasteiger partial charge in [0.15, 0.2) is 0 Å². The molecule has 105 valence electrons. The standard InChI is InChI=1S/C19H17O2/c1-12(2)18(20)21-13-9-10-15-14-7-5-6-8-16(14)19(3,4)17(15)11-13/h5,7-11H,1H2,2-4H3. The van der Waals surface area contributed by atoms with Crippen molar-refractivity contribution in [2.75, 3.05) is 0 Å². The maximum atomic E-state index is 11.7. The summed E-state index contributed by atoms with van der Waals surface area (Å²) >= 11 is 0. The van der Waals surface area contributed by atoms with E-state index >= 15 is 0 Å². The van der Waals surface area contributed by atoms with E-state index < -0.39 is 5.97 Å². The summed E-state index contributed by atoms with van der Waals surface area (Å²) in [6.07, 6.45) is 0. The number of carbonyl (C=O) groups excluding carboxylic acids is 1. The fourth-order valence-corrected chi connectivity index (χ4v) is 2.86. The molecule has 2 aromatic rings. The Balaban J connectivity index is 2.07. The smallest absolute Gasteiger partial charge is 0.338 e. The van der Waals surface area contributed by atoms with Gasteiger partial charge in [0.25, 0.3) is 0 Å². The van der Waals surface area contributed by atoms with E-state index in [2.05, 4.69) is 32.6 Å². The van der Waals surface area contributed by atoms with Crippen LogP contribution in [0.5, 0.6) is 5.75 Å². The summed E-state index contributed by atoms with van der Waals surface area (Å²) in [5.41, 5.74) is 5.12. The third-order valence-electron chi connectivity index (χ3n) is 4.05. The molecule has 0 saturated heterocycles. The number of carbonyl (C=O) groups is 1. The lowest BCUT2D eigenvalue weighted by molar-refractivity contribution is -0.130. The molecule has 0 spiro atoms. The normalized spacial score (nSPS) is 14.2. The molecule has 0 N–H and O–H groups in total. The number of ether oxygens (including phenoxy) is 1. The van der Waals surface area contributed by atoms with Crippen molar-refractivity contribution < 1.29 is 9.53 Å². The number of hydrogen-bond donors (Lipinski definition) is 0. The zero-order valence-electron chi connectivity index (χ0n) is 12.5. The van der Waals surface area contributed by atoms with Gasteiger partial charge in [-0.3, -0.25) is 0 Å². The van der Waals surface area contributed by atoms with Crippen LogP contribution in [-0.4, -0.2) is 5.97 Å². The first-order valence-electron chi connectivity index (χ1n) is 6.94. The van der Waals surface area contributed by atoms with E-state index in [-0.39, 0.29) is 5.41 Å². The molecule has 0 heterocycles. The molecule has 0 fully saturated rings.